The summed E-state index contributed by atoms with van der Waals surface area (Å²) in [6.07, 6.45) is 48.3. The first-order valence-electron chi connectivity index (χ1n) is 21.1. The average molecular weight is 702 g/mol. The molecule has 0 heterocycles. The monoisotopic (exact) mass is 702 g/mol. The van der Waals surface area contributed by atoms with Crippen LogP contribution in [0.1, 0.15) is 213 Å². The Morgan fingerprint density at radius 1 is 0.520 bits per heavy atom. The second-order valence-electron chi connectivity index (χ2n) is 14.2. The predicted molar refractivity (Wildman–Crippen MR) is 212 cm³/mol. The van der Waals surface area contributed by atoms with Crippen LogP contribution in [0.5, 0.6) is 0 Å². The second-order valence-corrected chi connectivity index (χ2v) is 14.2. The topological polar surface area (TPSA) is 92.7 Å². The van der Waals surface area contributed by atoms with Gasteiger partial charge in [0.05, 0.1) is 0 Å². The fraction of sp³-hybridized carbons (Fsp3) is 0.795. The molecule has 0 aromatic heterocycles. The number of hydrogen-bond donors (Lipinski definition) is 2. The Morgan fingerprint density at radius 3 is 1.44 bits per heavy atom. The number of rotatable bonds is 38. The molecule has 6 nitrogen and oxygen atoms in total. The Hall–Kier alpha value is -2.37. The van der Waals surface area contributed by atoms with Gasteiger partial charge in [-0.25, -0.2) is 0 Å². The van der Waals surface area contributed by atoms with E-state index in [1.807, 2.05) is 0 Å². The average Bonchev–Trinajstić information content (AvgIpc) is 3.10. The third-order valence-corrected chi connectivity index (χ3v) is 9.31. The van der Waals surface area contributed by atoms with E-state index in [9.17, 15) is 14.4 Å². The van der Waals surface area contributed by atoms with Crippen molar-refractivity contribution in [3.8, 4) is 0 Å². The molecular formula is C44H79NO5. The van der Waals surface area contributed by atoms with Crippen molar-refractivity contribution in [3.05, 3.63) is 36.5 Å². The van der Waals surface area contributed by atoms with E-state index in [4.69, 9.17) is 9.84 Å². The summed E-state index contributed by atoms with van der Waals surface area (Å²) >= 11 is 0. The highest BCUT2D eigenvalue weighted by Crippen LogP contribution is 2.19. The largest absolute Gasteiger partial charge is 0.480 e. The maximum atomic E-state index is 12.7. The molecule has 0 aromatic carbocycles. The number of esters is 1. The number of nitrogens with one attached hydrogen (secondary N) is 1. The molecule has 0 fully saturated rings. The number of carboxylic acids is 1. The Bertz CT molecular complexity index is 864. The third-order valence-electron chi connectivity index (χ3n) is 9.31. The number of amides is 1. The summed E-state index contributed by atoms with van der Waals surface area (Å²) in [5.41, 5.74) is 0. The molecule has 0 saturated carbocycles. The van der Waals surface area contributed by atoms with Gasteiger partial charge in [0.15, 0.2) is 0 Å². The smallest absolute Gasteiger partial charge is 0.322 e. The molecule has 0 radical (unpaired) electrons. The zero-order chi connectivity index (χ0) is 36.6. The molecule has 0 bridgehead atoms. The number of carbonyl (C=O) groups excluding carboxylic acids is 2. The maximum absolute atomic E-state index is 12.7. The number of aliphatic carboxylic acids is 1. The van der Waals surface area contributed by atoms with Gasteiger partial charge in [-0.2, -0.15) is 0 Å². The molecule has 0 rings (SSSR count). The normalized spacial score (nSPS) is 12.4. The molecule has 0 aliphatic carbocycles. The first-order valence-corrected chi connectivity index (χ1v) is 21.1. The van der Waals surface area contributed by atoms with Crippen LogP contribution >= 0.6 is 0 Å². The van der Waals surface area contributed by atoms with Crippen molar-refractivity contribution in [1.82, 2.24) is 5.32 Å². The highest BCUT2D eigenvalue weighted by atomic mass is 16.5. The van der Waals surface area contributed by atoms with Crippen molar-refractivity contribution in [2.24, 2.45) is 0 Å². The molecule has 1 unspecified atom stereocenters. The Balaban J connectivity index is 4.10. The SMILES string of the molecule is CCCCC/C=C\C/C=C\C/C=C\CCCCCCCCC(=O)OC(CCCCCCCCCCC)CCCCCCCC(=O)NCC(=O)O. The fourth-order valence-electron chi connectivity index (χ4n) is 6.17. The van der Waals surface area contributed by atoms with Gasteiger partial charge in [0.25, 0.3) is 0 Å². The van der Waals surface area contributed by atoms with Crippen molar-refractivity contribution in [1.29, 1.82) is 0 Å². The molecule has 1 amide bonds. The van der Waals surface area contributed by atoms with Crippen LogP contribution in [-0.2, 0) is 19.1 Å². The second kappa shape index (κ2) is 39.4. The van der Waals surface area contributed by atoms with Crippen LogP contribution < -0.4 is 5.32 Å². The molecule has 0 spiro atoms. The van der Waals surface area contributed by atoms with Crippen molar-refractivity contribution in [2.45, 2.75) is 219 Å². The van der Waals surface area contributed by atoms with Crippen molar-refractivity contribution in [2.75, 3.05) is 6.54 Å². The molecule has 0 saturated heterocycles. The van der Waals surface area contributed by atoms with E-state index >= 15 is 0 Å². The van der Waals surface area contributed by atoms with Crippen LogP contribution in [0.2, 0.25) is 0 Å². The van der Waals surface area contributed by atoms with E-state index in [1.54, 1.807) is 0 Å². The lowest BCUT2D eigenvalue weighted by molar-refractivity contribution is -0.150. The number of unbranched alkanes of at least 4 members (excludes halogenated alkanes) is 21. The number of hydrogen-bond acceptors (Lipinski definition) is 4. The van der Waals surface area contributed by atoms with Gasteiger partial charge in [0, 0.05) is 12.8 Å². The third kappa shape index (κ3) is 38.4. The van der Waals surface area contributed by atoms with Crippen LogP contribution in [0.4, 0.5) is 0 Å². The van der Waals surface area contributed by atoms with Crippen LogP contribution in [0.15, 0.2) is 36.5 Å². The highest BCUT2D eigenvalue weighted by molar-refractivity contribution is 5.80. The fourth-order valence-corrected chi connectivity index (χ4v) is 6.17. The molecule has 50 heavy (non-hydrogen) atoms. The molecule has 2 N–H and O–H groups in total. The van der Waals surface area contributed by atoms with Crippen LogP contribution in [0.25, 0.3) is 0 Å². The number of carboxylic acid groups (broad SMARTS) is 1. The minimum absolute atomic E-state index is 0.0227. The van der Waals surface area contributed by atoms with Crippen molar-refractivity contribution < 1.29 is 24.2 Å². The van der Waals surface area contributed by atoms with Crippen molar-refractivity contribution in [3.63, 3.8) is 0 Å². The van der Waals surface area contributed by atoms with Gasteiger partial charge in [0.1, 0.15) is 12.6 Å². The Kier molecular flexibility index (Phi) is 37.5. The first kappa shape index (κ1) is 47.6. The molecule has 6 heteroatoms. The quantitative estimate of drug-likeness (QED) is 0.0380. The zero-order valence-electron chi connectivity index (χ0n) is 32.7. The zero-order valence-corrected chi connectivity index (χ0v) is 32.7. The molecule has 290 valence electrons. The van der Waals surface area contributed by atoms with Gasteiger partial charge >= 0.3 is 11.9 Å². The summed E-state index contributed by atoms with van der Waals surface area (Å²) in [6.45, 7) is 4.19. The van der Waals surface area contributed by atoms with Crippen LogP contribution in [0, 0.1) is 0 Å². The summed E-state index contributed by atoms with van der Waals surface area (Å²) in [6, 6.07) is 0. The van der Waals surface area contributed by atoms with E-state index in [0.717, 1.165) is 83.5 Å². The molecule has 0 aliphatic heterocycles. The van der Waals surface area contributed by atoms with Crippen LogP contribution in [0.3, 0.4) is 0 Å². The molecule has 0 aliphatic rings. The molecule has 1 atom stereocenters. The van der Waals surface area contributed by atoms with Crippen molar-refractivity contribution >= 4 is 17.8 Å². The minimum Gasteiger partial charge on any atom is -0.480 e. The summed E-state index contributed by atoms with van der Waals surface area (Å²) < 4.78 is 6.01. The number of carbonyl (C=O) groups is 3. The lowest BCUT2D eigenvalue weighted by Crippen LogP contribution is -2.28. The maximum Gasteiger partial charge on any atom is 0.322 e. The standard InChI is InChI=1S/C44H79NO5/c1-3-5-7-9-11-13-14-15-16-17-18-19-20-21-22-24-26-31-35-39-44(49)50-41(36-32-28-25-23-12-10-8-6-4-2)37-33-29-27-30-34-38-42(46)45-40-43(47)48/h11,13,15-16,18-19,41H,3-10,12,14,17,20-40H2,1-2H3,(H,45,46)(H,47,48)/b13-11-,16-15-,19-18-. The van der Waals surface area contributed by atoms with E-state index in [2.05, 4.69) is 55.6 Å². The molecule has 0 aromatic rings. The molecular weight excluding hydrogens is 622 g/mol. The summed E-state index contributed by atoms with van der Waals surface area (Å²) in [5.74, 6) is -1.24. The van der Waals surface area contributed by atoms with Gasteiger partial charge in [0.2, 0.25) is 5.91 Å². The van der Waals surface area contributed by atoms with E-state index in [-0.39, 0.29) is 24.5 Å². The van der Waals surface area contributed by atoms with Gasteiger partial charge < -0.3 is 15.2 Å². The van der Waals surface area contributed by atoms with Gasteiger partial charge in [-0.15, -0.1) is 0 Å². The van der Waals surface area contributed by atoms with Gasteiger partial charge in [-0.1, -0.05) is 159 Å². The van der Waals surface area contributed by atoms with Gasteiger partial charge in [-0.3, -0.25) is 14.4 Å². The van der Waals surface area contributed by atoms with E-state index in [0.29, 0.717) is 12.8 Å². The lowest BCUT2D eigenvalue weighted by Gasteiger charge is -2.18. The predicted octanol–water partition coefficient (Wildman–Crippen LogP) is 12.9. The van der Waals surface area contributed by atoms with E-state index < -0.39 is 5.97 Å². The Labute approximate surface area is 308 Å². The Morgan fingerprint density at radius 2 is 0.920 bits per heavy atom. The first-order chi connectivity index (χ1) is 24.5. The summed E-state index contributed by atoms with van der Waals surface area (Å²) in [4.78, 5) is 35.0. The summed E-state index contributed by atoms with van der Waals surface area (Å²) in [7, 11) is 0. The number of ether oxygens (including phenoxy) is 1. The highest BCUT2D eigenvalue weighted by Gasteiger charge is 2.14. The lowest BCUT2D eigenvalue weighted by atomic mass is 10.0. The van der Waals surface area contributed by atoms with E-state index in [1.165, 1.54) is 103 Å². The number of allylic oxidation sites excluding steroid dienone is 6. The van der Waals surface area contributed by atoms with Gasteiger partial charge in [-0.05, 0) is 77.0 Å². The minimum atomic E-state index is -1.02. The van der Waals surface area contributed by atoms with Crippen LogP contribution in [-0.4, -0.2) is 35.6 Å². The summed E-state index contributed by atoms with van der Waals surface area (Å²) in [5, 5.41) is 11.1.